The molecular weight excluding hydrogens is 438 g/mol. The SMILES string of the molecule is CCc1nnc(NC(=O)CSc2nnc3ccc(-c4ccc(OC)c(OC)c4)nn23)s1. The maximum Gasteiger partial charge on any atom is 0.236 e. The molecule has 0 bridgehead atoms. The van der Waals surface area contributed by atoms with Gasteiger partial charge in [0.2, 0.25) is 16.2 Å². The Bertz CT molecular complexity index is 1220. The normalized spacial score (nSPS) is 10.9. The highest BCUT2D eigenvalue weighted by Crippen LogP contribution is 2.31. The van der Waals surface area contributed by atoms with Gasteiger partial charge < -0.3 is 9.47 Å². The van der Waals surface area contributed by atoms with E-state index >= 15 is 0 Å². The number of anilines is 1. The Labute approximate surface area is 186 Å². The number of hydrogen-bond donors (Lipinski definition) is 1. The van der Waals surface area contributed by atoms with Crippen molar-refractivity contribution in [2.24, 2.45) is 0 Å². The molecule has 1 amide bonds. The lowest BCUT2D eigenvalue weighted by atomic mass is 10.1. The van der Waals surface area contributed by atoms with Crippen LogP contribution >= 0.6 is 23.1 Å². The van der Waals surface area contributed by atoms with Crippen LogP contribution in [0, 0.1) is 0 Å². The first-order chi connectivity index (χ1) is 15.1. The molecule has 10 nitrogen and oxygen atoms in total. The van der Waals surface area contributed by atoms with Crippen molar-refractivity contribution in [2.75, 3.05) is 25.3 Å². The highest BCUT2D eigenvalue weighted by Gasteiger charge is 2.14. The Kier molecular flexibility index (Phi) is 6.28. The van der Waals surface area contributed by atoms with Gasteiger partial charge in [0.25, 0.3) is 0 Å². The van der Waals surface area contributed by atoms with E-state index in [1.807, 2.05) is 37.3 Å². The third-order valence-electron chi connectivity index (χ3n) is 4.26. The van der Waals surface area contributed by atoms with Gasteiger partial charge in [-0.3, -0.25) is 10.1 Å². The van der Waals surface area contributed by atoms with Crippen LogP contribution in [0.1, 0.15) is 11.9 Å². The van der Waals surface area contributed by atoms with Crippen molar-refractivity contribution in [1.82, 2.24) is 30.0 Å². The summed E-state index contributed by atoms with van der Waals surface area (Å²) < 4.78 is 12.3. The van der Waals surface area contributed by atoms with Crippen molar-refractivity contribution >= 4 is 39.8 Å². The van der Waals surface area contributed by atoms with Gasteiger partial charge in [-0.05, 0) is 36.8 Å². The molecule has 0 unspecified atom stereocenters. The number of carbonyl (C=O) groups excluding carboxylic acids is 1. The molecular formula is C19H19N7O3S2. The summed E-state index contributed by atoms with van der Waals surface area (Å²) in [4.78, 5) is 12.3. The predicted octanol–water partition coefficient (Wildman–Crippen LogP) is 2.95. The van der Waals surface area contributed by atoms with Crippen LogP contribution in [0.25, 0.3) is 16.9 Å². The zero-order valence-electron chi connectivity index (χ0n) is 17.0. The number of amides is 1. The van der Waals surface area contributed by atoms with E-state index in [1.165, 1.54) is 23.1 Å². The van der Waals surface area contributed by atoms with Gasteiger partial charge in [0.05, 0.1) is 25.7 Å². The fraction of sp³-hybridized carbons (Fsp3) is 0.263. The van der Waals surface area contributed by atoms with E-state index in [1.54, 1.807) is 18.7 Å². The first-order valence-electron chi connectivity index (χ1n) is 9.31. The van der Waals surface area contributed by atoms with Crippen LogP contribution in [0.2, 0.25) is 0 Å². The summed E-state index contributed by atoms with van der Waals surface area (Å²) in [5, 5.41) is 25.5. The molecule has 0 saturated carbocycles. The summed E-state index contributed by atoms with van der Waals surface area (Å²) in [5.41, 5.74) is 2.15. The van der Waals surface area contributed by atoms with Gasteiger partial charge >= 0.3 is 0 Å². The van der Waals surface area contributed by atoms with Gasteiger partial charge in [-0.2, -0.15) is 9.61 Å². The minimum atomic E-state index is -0.198. The Morgan fingerprint density at radius 1 is 1.10 bits per heavy atom. The van der Waals surface area contributed by atoms with E-state index < -0.39 is 0 Å². The topological polar surface area (TPSA) is 116 Å². The van der Waals surface area contributed by atoms with Crippen molar-refractivity contribution in [2.45, 2.75) is 18.5 Å². The molecule has 4 rings (SSSR count). The lowest BCUT2D eigenvalue weighted by Crippen LogP contribution is -2.14. The molecule has 0 radical (unpaired) electrons. The van der Waals surface area contributed by atoms with Gasteiger partial charge in [-0.15, -0.1) is 20.4 Å². The number of rotatable bonds is 8. The van der Waals surface area contributed by atoms with Crippen molar-refractivity contribution < 1.29 is 14.3 Å². The number of aryl methyl sites for hydroxylation is 1. The molecule has 0 aliphatic rings. The third kappa shape index (κ3) is 4.59. The van der Waals surface area contributed by atoms with Gasteiger partial charge in [-0.25, -0.2) is 0 Å². The van der Waals surface area contributed by atoms with Crippen molar-refractivity contribution in [3.8, 4) is 22.8 Å². The largest absolute Gasteiger partial charge is 0.493 e. The maximum absolute atomic E-state index is 12.3. The number of methoxy groups -OCH3 is 2. The highest BCUT2D eigenvalue weighted by atomic mass is 32.2. The lowest BCUT2D eigenvalue weighted by molar-refractivity contribution is -0.113. The second kappa shape index (κ2) is 9.27. The van der Waals surface area contributed by atoms with E-state index in [-0.39, 0.29) is 11.7 Å². The molecule has 0 saturated heterocycles. The minimum Gasteiger partial charge on any atom is -0.493 e. The maximum atomic E-state index is 12.3. The molecule has 160 valence electrons. The summed E-state index contributed by atoms with van der Waals surface area (Å²) in [7, 11) is 3.18. The molecule has 1 aromatic carbocycles. The van der Waals surface area contributed by atoms with E-state index in [2.05, 4.69) is 30.8 Å². The average Bonchev–Trinajstić information content (AvgIpc) is 3.43. The van der Waals surface area contributed by atoms with Crippen LogP contribution in [-0.4, -0.2) is 55.9 Å². The van der Waals surface area contributed by atoms with Crippen LogP contribution < -0.4 is 14.8 Å². The Balaban J connectivity index is 1.51. The number of ether oxygens (including phenoxy) is 2. The molecule has 0 aliphatic heterocycles. The van der Waals surface area contributed by atoms with Gasteiger partial charge in [0, 0.05) is 5.56 Å². The molecule has 3 heterocycles. The van der Waals surface area contributed by atoms with E-state index in [0.717, 1.165) is 17.0 Å². The predicted molar refractivity (Wildman–Crippen MR) is 118 cm³/mol. The zero-order valence-corrected chi connectivity index (χ0v) is 18.7. The molecule has 4 aromatic rings. The summed E-state index contributed by atoms with van der Waals surface area (Å²) in [5.74, 6) is 1.20. The molecule has 3 aromatic heterocycles. The summed E-state index contributed by atoms with van der Waals surface area (Å²) in [6.07, 6.45) is 0.780. The average molecular weight is 458 g/mol. The summed E-state index contributed by atoms with van der Waals surface area (Å²) in [6, 6.07) is 9.25. The molecule has 1 N–H and O–H groups in total. The van der Waals surface area contributed by atoms with Crippen LogP contribution in [-0.2, 0) is 11.2 Å². The van der Waals surface area contributed by atoms with Crippen molar-refractivity contribution in [3.63, 3.8) is 0 Å². The number of benzene rings is 1. The Hall–Kier alpha value is -3.25. The Morgan fingerprint density at radius 2 is 1.94 bits per heavy atom. The fourth-order valence-corrected chi connectivity index (χ4v) is 4.12. The zero-order chi connectivity index (χ0) is 21.8. The number of aromatic nitrogens is 6. The third-order valence-corrected chi connectivity index (χ3v) is 6.16. The fourth-order valence-electron chi connectivity index (χ4n) is 2.74. The molecule has 12 heteroatoms. The smallest absolute Gasteiger partial charge is 0.236 e. The highest BCUT2D eigenvalue weighted by molar-refractivity contribution is 7.99. The van der Waals surface area contributed by atoms with Crippen LogP contribution in [0.3, 0.4) is 0 Å². The van der Waals surface area contributed by atoms with E-state index in [9.17, 15) is 4.79 Å². The van der Waals surface area contributed by atoms with Crippen molar-refractivity contribution in [3.05, 3.63) is 35.3 Å². The van der Waals surface area contributed by atoms with Crippen LogP contribution in [0.4, 0.5) is 5.13 Å². The quantitative estimate of drug-likeness (QED) is 0.399. The van der Waals surface area contributed by atoms with Crippen LogP contribution in [0.15, 0.2) is 35.5 Å². The van der Waals surface area contributed by atoms with E-state index in [4.69, 9.17) is 9.47 Å². The number of fused-ring (bicyclic) bond motifs is 1. The summed E-state index contributed by atoms with van der Waals surface area (Å²) >= 11 is 2.60. The standard InChI is InChI=1S/C19H19N7O3S2/c1-4-17-22-23-18(31-17)20-16(27)10-30-19-24-21-15-8-6-12(25-26(15)19)11-5-7-13(28-2)14(9-11)29-3/h5-9H,4,10H2,1-3H3,(H,20,23,27). The first kappa shape index (κ1) is 21.0. The van der Waals surface area contributed by atoms with Crippen molar-refractivity contribution in [1.29, 1.82) is 0 Å². The minimum absolute atomic E-state index is 0.143. The number of hydrogen-bond acceptors (Lipinski definition) is 10. The van der Waals surface area contributed by atoms with Gasteiger partial charge in [0.15, 0.2) is 17.1 Å². The van der Waals surface area contributed by atoms with Gasteiger partial charge in [0.1, 0.15) is 5.01 Å². The monoisotopic (exact) mass is 457 g/mol. The first-order valence-corrected chi connectivity index (χ1v) is 11.1. The number of carbonyl (C=O) groups is 1. The lowest BCUT2D eigenvalue weighted by Gasteiger charge is -2.09. The summed E-state index contributed by atoms with van der Waals surface area (Å²) in [6.45, 7) is 1.99. The number of nitrogens with zero attached hydrogens (tertiary/aromatic N) is 6. The molecule has 0 fully saturated rings. The second-order valence-electron chi connectivity index (χ2n) is 6.23. The molecule has 0 aliphatic carbocycles. The number of thioether (sulfide) groups is 1. The molecule has 0 spiro atoms. The van der Waals surface area contributed by atoms with E-state index in [0.29, 0.717) is 33.1 Å². The molecule has 0 atom stereocenters. The van der Waals surface area contributed by atoms with Crippen LogP contribution in [0.5, 0.6) is 11.5 Å². The second-order valence-corrected chi connectivity index (χ2v) is 8.24. The van der Waals surface area contributed by atoms with Gasteiger partial charge in [-0.1, -0.05) is 30.0 Å². The number of nitrogens with one attached hydrogen (secondary N) is 1. The molecule has 31 heavy (non-hydrogen) atoms. The Morgan fingerprint density at radius 3 is 2.68 bits per heavy atom.